The van der Waals surface area contributed by atoms with Crippen LogP contribution in [0.4, 0.5) is 4.79 Å². The van der Waals surface area contributed by atoms with Crippen molar-refractivity contribution in [3.63, 3.8) is 0 Å². The molecule has 5 nitrogen and oxygen atoms in total. The van der Waals surface area contributed by atoms with Crippen LogP contribution in [0.5, 0.6) is 0 Å². The highest BCUT2D eigenvalue weighted by Crippen LogP contribution is 2.34. The summed E-state index contributed by atoms with van der Waals surface area (Å²) < 4.78 is 10.4. The van der Waals surface area contributed by atoms with Crippen LogP contribution < -0.4 is 0 Å². The van der Waals surface area contributed by atoms with E-state index in [1.165, 1.54) is 12.7 Å². The van der Waals surface area contributed by atoms with E-state index in [1.54, 1.807) is 4.90 Å². The molecular formula is C19H27NO4. The Labute approximate surface area is 143 Å². The predicted octanol–water partition coefficient (Wildman–Crippen LogP) is 3.51. The molecular weight excluding hydrogens is 306 g/mol. The van der Waals surface area contributed by atoms with Crippen LogP contribution in [0, 0.1) is 12.8 Å². The molecule has 1 saturated heterocycles. The minimum Gasteiger partial charge on any atom is -0.469 e. The van der Waals surface area contributed by atoms with Crippen molar-refractivity contribution in [3.8, 4) is 0 Å². The summed E-state index contributed by atoms with van der Waals surface area (Å²) in [6.07, 6.45) is 0.334. The number of likely N-dealkylation sites (tertiary alicyclic amines) is 1. The number of carbonyl (C=O) groups excluding carboxylic acids is 2. The van der Waals surface area contributed by atoms with E-state index in [0.717, 1.165) is 5.56 Å². The molecule has 0 N–H and O–H groups in total. The van der Waals surface area contributed by atoms with Crippen molar-refractivity contribution < 1.29 is 19.1 Å². The third-order valence-electron chi connectivity index (χ3n) is 4.27. The van der Waals surface area contributed by atoms with E-state index in [1.807, 2.05) is 39.8 Å². The molecule has 1 heterocycles. The summed E-state index contributed by atoms with van der Waals surface area (Å²) in [4.78, 5) is 26.2. The molecule has 1 unspecified atom stereocenters. The zero-order valence-corrected chi connectivity index (χ0v) is 15.2. The number of amides is 1. The monoisotopic (exact) mass is 333 g/mol. The highest BCUT2D eigenvalue weighted by Gasteiger charge is 2.38. The van der Waals surface area contributed by atoms with Crippen LogP contribution in [0.25, 0.3) is 0 Å². The van der Waals surface area contributed by atoms with Gasteiger partial charge in [-0.3, -0.25) is 4.79 Å². The number of esters is 1. The van der Waals surface area contributed by atoms with Crippen molar-refractivity contribution >= 4 is 12.1 Å². The van der Waals surface area contributed by atoms with E-state index < -0.39 is 5.60 Å². The molecule has 2 rings (SSSR count). The number of hydrogen-bond acceptors (Lipinski definition) is 4. The minimum absolute atomic E-state index is 0.0525. The van der Waals surface area contributed by atoms with E-state index in [-0.39, 0.29) is 23.9 Å². The van der Waals surface area contributed by atoms with Crippen LogP contribution in [0.15, 0.2) is 24.3 Å². The van der Waals surface area contributed by atoms with Crippen LogP contribution in [0.3, 0.4) is 0 Å². The van der Waals surface area contributed by atoms with Crippen molar-refractivity contribution in [2.24, 2.45) is 5.92 Å². The molecule has 0 bridgehead atoms. The number of ether oxygens (including phenoxy) is 2. The highest BCUT2D eigenvalue weighted by atomic mass is 16.6. The van der Waals surface area contributed by atoms with Crippen LogP contribution in [0.1, 0.15) is 44.2 Å². The maximum Gasteiger partial charge on any atom is 0.410 e. The average Bonchev–Trinajstić information content (AvgIpc) is 2.52. The Kier molecular flexibility index (Phi) is 5.52. The van der Waals surface area contributed by atoms with Gasteiger partial charge in [0.2, 0.25) is 0 Å². The lowest BCUT2D eigenvalue weighted by Gasteiger charge is -2.38. The number of hydrogen-bond donors (Lipinski definition) is 0. The van der Waals surface area contributed by atoms with Crippen molar-refractivity contribution in [1.29, 1.82) is 0 Å². The molecule has 5 heteroatoms. The van der Waals surface area contributed by atoms with Crippen LogP contribution in [-0.4, -0.2) is 42.8 Å². The number of benzene rings is 1. The zero-order chi connectivity index (χ0) is 17.9. The summed E-state index contributed by atoms with van der Waals surface area (Å²) in [6.45, 7) is 8.43. The van der Waals surface area contributed by atoms with Gasteiger partial charge in [0.25, 0.3) is 0 Å². The number of nitrogens with zero attached hydrogens (tertiary/aromatic N) is 1. The van der Waals surface area contributed by atoms with Crippen LogP contribution >= 0.6 is 0 Å². The van der Waals surface area contributed by atoms with Crippen molar-refractivity contribution in [2.45, 2.75) is 45.6 Å². The summed E-state index contributed by atoms with van der Waals surface area (Å²) in [5, 5.41) is 0. The second-order valence-electron chi connectivity index (χ2n) is 7.36. The fraction of sp³-hybridized carbons (Fsp3) is 0.579. The number of piperidine rings is 1. The summed E-state index contributed by atoms with van der Waals surface area (Å²) >= 11 is 0. The van der Waals surface area contributed by atoms with Gasteiger partial charge in [0.05, 0.1) is 13.0 Å². The Morgan fingerprint density at radius 3 is 2.33 bits per heavy atom. The summed E-state index contributed by atoms with van der Waals surface area (Å²) in [6, 6.07) is 8.20. The smallest absolute Gasteiger partial charge is 0.410 e. The number of rotatable bonds is 2. The molecule has 0 aliphatic carbocycles. The third-order valence-corrected chi connectivity index (χ3v) is 4.27. The maximum atomic E-state index is 12.3. The van der Waals surface area contributed by atoms with Gasteiger partial charge in [-0.25, -0.2) is 4.79 Å². The maximum absolute atomic E-state index is 12.3. The minimum atomic E-state index is -0.550. The molecule has 2 atom stereocenters. The summed E-state index contributed by atoms with van der Waals surface area (Å²) in [5.41, 5.74) is 1.74. The lowest BCUT2D eigenvalue weighted by molar-refractivity contribution is -0.148. The fourth-order valence-electron chi connectivity index (χ4n) is 3.05. The Bertz CT molecular complexity index is 588. The highest BCUT2D eigenvalue weighted by molar-refractivity contribution is 5.76. The predicted molar refractivity (Wildman–Crippen MR) is 91.9 cm³/mol. The van der Waals surface area contributed by atoms with Gasteiger partial charge in [-0.15, -0.1) is 0 Å². The standard InChI is InChI=1S/C19H27NO4/c1-13-6-8-14(9-7-13)15-10-11-20(12-16(15)17(21)23-5)18(22)24-19(2,3)4/h6-9,15-16H,10-12H2,1-5H3/t15?,16-/m1/s1. The number of carbonyl (C=O) groups is 2. The molecule has 1 fully saturated rings. The van der Waals surface area contributed by atoms with Gasteiger partial charge in [-0.05, 0) is 39.7 Å². The largest absolute Gasteiger partial charge is 0.469 e. The van der Waals surface area contributed by atoms with E-state index >= 15 is 0 Å². The van der Waals surface area contributed by atoms with Gasteiger partial charge in [0, 0.05) is 19.0 Å². The molecule has 0 saturated carbocycles. The first kappa shape index (κ1) is 18.3. The zero-order valence-electron chi connectivity index (χ0n) is 15.2. The lowest BCUT2D eigenvalue weighted by atomic mass is 9.80. The molecule has 132 valence electrons. The van der Waals surface area contributed by atoms with Crippen LogP contribution in [-0.2, 0) is 14.3 Å². The third kappa shape index (κ3) is 4.49. The van der Waals surface area contributed by atoms with Gasteiger partial charge in [0.1, 0.15) is 5.60 Å². The van der Waals surface area contributed by atoms with E-state index in [9.17, 15) is 9.59 Å². The number of methoxy groups -OCH3 is 1. The fourth-order valence-corrected chi connectivity index (χ4v) is 3.05. The molecule has 24 heavy (non-hydrogen) atoms. The van der Waals surface area contributed by atoms with Crippen molar-refractivity contribution in [2.75, 3.05) is 20.2 Å². The van der Waals surface area contributed by atoms with Gasteiger partial charge >= 0.3 is 12.1 Å². The van der Waals surface area contributed by atoms with Gasteiger partial charge in [-0.2, -0.15) is 0 Å². The van der Waals surface area contributed by atoms with E-state index in [4.69, 9.17) is 9.47 Å². The molecule has 1 aliphatic rings. The molecule has 1 aromatic carbocycles. The van der Waals surface area contributed by atoms with Crippen molar-refractivity contribution in [3.05, 3.63) is 35.4 Å². The second kappa shape index (κ2) is 7.24. The average molecular weight is 333 g/mol. The molecule has 1 aliphatic heterocycles. The Hall–Kier alpha value is -2.04. The first-order chi connectivity index (χ1) is 11.2. The van der Waals surface area contributed by atoms with Gasteiger partial charge in [0.15, 0.2) is 0 Å². The molecule has 1 amide bonds. The van der Waals surface area contributed by atoms with Crippen molar-refractivity contribution in [1.82, 2.24) is 4.90 Å². The quantitative estimate of drug-likeness (QED) is 0.777. The van der Waals surface area contributed by atoms with Crippen LogP contribution in [0.2, 0.25) is 0 Å². The van der Waals surface area contributed by atoms with Gasteiger partial charge < -0.3 is 14.4 Å². The summed E-state index contributed by atoms with van der Waals surface area (Å²) in [7, 11) is 1.39. The SMILES string of the molecule is COC(=O)[C@@H]1CN(C(=O)OC(C)(C)C)CCC1c1ccc(C)cc1. The Balaban J connectivity index is 2.17. The molecule has 0 aromatic heterocycles. The van der Waals surface area contributed by atoms with E-state index in [2.05, 4.69) is 12.1 Å². The first-order valence-corrected chi connectivity index (χ1v) is 8.33. The second-order valence-corrected chi connectivity index (χ2v) is 7.36. The van der Waals surface area contributed by atoms with E-state index in [0.29, 0.717) is 19.5 Å². The Morgan fingerprint density at radius 1 is 1.17 bits per heavy atom. The molecule has 0 spiro atoms. The molecule has 0 radical (unpaired) electrons. The lowest BCUT2D eigenvalue weighted by Crippen LogP contribution is -2.47. The normalized spacial score (nSPS) is 21.3. The van der Waals surface area contributed by atoms with Gasteiger partial charge in [-0.1, -0.05) is 29.8 Å². The summed E-state index contributed by atoms with van der Waals surface area (Å²) in [5.74, 6) is -0.607. The topological polar surface area (TPSA) is 55.8 Å². The number of aryl methyl sites for hydroxylation is 1. The molecule has 1 aromatic rings. The Morgan fingerprint density at radius 2 is 1.79 bits per heavy atom. The first-order valence-electron chi connectivity index (χ1n) is 8.33.